The van der Waals surface area contributed by atoms with Crippen LogP contribution in [0.5, 0.6) is 0 Å². The Balaban J connectivity index is 1.38. The van der Waals surface area contributed by atoms with Gasteiger partial charge in [0, 0.05) is 17.1 Å². The molecule has 2 aliphatic rings. The Bertz CT molecular complexity index is 872. The summed E-state index contributed by atoms with van der Waals surface area (Å²) in [4.78, 5) is 39.3. The number of esters is 1. The number of thiophene rings is 1. The third-order valence-electron chi connectivity index (χ3n) is 5.01. The van der Waals surface area contributed by atoms with Crippen LogP contribution < -0.4 is 5.32 Å². The van der Waals surface area contributed by atoms with Crippen molar-refractivity contribution in [3.8, 4) is 0 Å². The Morgan fingerprint density at radius 3 is 2.79 bits per heavy atom. The number of carbonyl (C=O) groups is 3. The van der Waals surface area contributed by atoms with Gasteiger partial charge >= 0.3 is 5.97 Å². The molecule has 0 spiro atoms. The van der Waals surface area contributed by atoms with Crippen molar-refractivity contribution in [3.05, 3.63) is 58.3 Å². The summed E-state index contributed by atoms with van der Waals surface area (Å²) < 4.78 is 5.24. The molecular formula is C20H20N2O4S2. The average molecular weight is 417 g/mol. The number of rotatable bonds is 6. The minimum Gasteiger partial charge on any atom is -0.454 e. The van der Waals surface area contributed by atoms with E-state index in [1.165, 1.54) is 0 Å². The maximum Gasteiger partial charge on any atom is 0.330 e. The zero-order valence-electron chi connectivity index (χ0n) is 15.1. The standard InChI is InChI=1S/C20H20N2O4S2/c23-17(21-11-15-7-4-10-27-15)12-26-19(25)16-13-28-20(9-8-18(24)22(16)20)14-5-2-1-3-6-14/h1-7,10,16H,8-9,11-13H2,(H,21,23)/t16-,20+/m1/s1. The number of fused-ring (bicyclic) bond motifs is 1. The summed E-state index contributed by atoms with van der Waals surface area (Å²) in [5.41, 5.74) is 1.02. The number of amides is 2. The summed E-state index contributed by atoms with van der Waals surface area (Å²) in [5.74, 6) is -0.449. The monoisotopic (exact) mass is 416 g/mol. The molecule has 1 aromatic carbocycles. The summed E-state index contributed by atoms with van der Waals surface area (Å²) in [5, 5.41) is 4.66. The van der Waals surface area contributed by atoms with Crippen LogP contribution in [0.4, 0.5) is 0 Å². The van der Waals surface area contributed by atoms with Gasteiger partial charge < -0.3 is 15.0 Å². The molecule has 0 radical (unpaired) electrons. The van der Waals surface area contributed by atoms with Crippen LogP contribution in [0, 0.1) is 0 Å². The first kappa shape index (κ1) is 19.0. The molecule has 0 aliphatic carbocycles. The molecule has 6 nitrogen and oxygen atoms in total. The van der Waals surface area contributed by atoms with E-state index >= 15 is 0 Å². The minimum absolute atomic E-state index is 0.0436. The van der Waals surface area contributed by atoms with Gasteiger partial charge in [-0.2, -0.15) is 0 Å². The van der Waals surface area contributed by atoms with Crippen LogP contribution >= 0.6 is 23.1 Å². The lowest BCUT2D eigenvalue weighted by Crippen LogP contribution is -2.47. The van der Waals surface area contributed by atoms with Crippen molar-refractivity contribution >= 4 is 40.9 Å². The maximum absolute atomic E-state index is 12.6. The van der Waals surface area contributed by atoms with Gasteiger partial charge in [-0.15, -0.1) is 23.1 Å². The van der Waals surface area contributed by atoms with Crippen molar-refractivity contribution in [3.63, 3.8) is 0 Å². The van der Waals surface area contributed by atoms with Crippen LogP contribution in [-0.2, 0) is 30.5 Å². The number of nitrogens with one attached hydrogen (secondary N) is 1. The normalized spacial score (nSPS) is 23.5. The molecule has 2 amide bonds. The van der Waals surface area contributed by atoms with Gasteiger partial charge in [-0.1, -0.05) is 36.4 Å². The minimum atomic E-state index is -0.662. The summed E-state index contributed by atoms with van der Waals surface area (Å²) in [7, 11) is 0. The highest BCUT2D eigenvalue weighted by Gasteiger charge is 2.57. The van der Waals surface area contributed by atoms with Gasteiger partial charge in [0.1, 0.15) is 10.9 Å². The van der Waals surface area contributed by atoms with Gasteiger partial charge in [0.25, 0.3) is 5.91 Å². The van der Waals surface area contributed by atoms with Gasteiger partial charge in [-0.3, -0.25) is 9.59 Å². The molecule has 0 bridgehead atoms. The van der Waals surface area contributed by atoms with Gasteiger partial charge in [-0.05, 0) is 23.4 Å². The second-order valence-electron chi connectivity index (χ2n) is 6.70. The lowest BCUT2D eigenvalue weighted by atomic mass is 10.0. The molecule has 3 heterocycles. The molecular weight excluding hydrogens is 396 g/mol. The molecule has 1 aromatic heterocycles. The Hall–Kier alpha value is -2.32. The lowest BCUT2D eigenvalue weighted by Gasteiger charge is -2.33. The van der Waals surface area contributed by atoms with Gasteiger partial charge in [0.05, 0.1) is 6.54 Å². The highest BCUT2D eigenvalue weighted by atomic mass is 32.2. The van der Waals surface area contributed by atoms with Crippen molar-refractivity contribution < 1.29 is 19.1 Å². The Morgan fingerprint density at radius 1 is 1.21 bits per heavy atom. The molecule has 1 N–H and O–H groups in total. The summed E-state index contributed by atoms with van der Waals surface area (Å²) in [6.45, 7) is 0.0702. The fourth-order valence-electron chi connectivity index (χ4n) is 3.70. The third-order valence-corrected chi connectivity index (χ3v) is 7.48. The second-order valence-corrected chi connectivity index (χ2v) is 9.03. The first-order valence-electron chi connectivity index (χ1n) is 9.07. The highest BCUT2D eigenvalue weighted by Crippen LogP contribution is 2.54. The smallest absolute Gasteiger partial charge is 0.330 e. The van der Waals surface area contributed by atoms with Crippen molar-refractivity contribution in [1.29, 1.82) is 0 Å². The highest BCUT2D eigenvalue weighted by molar-refractivity contribution is 8.00. The summed E-state index contributed by atoms with van der Waals surface area (Å²) >= 11 is 3.15. The molecule has 2 aliphatic heterocycles. The Morgan fingerprint density at radius 2 is 2.04 bits per heavy atom. The summed E-state index contributed by atoms with van der Waals surface area (Å²) in [6.07, 6.45) is 1.08. The molecule has 4 rings (SSSR count). The largest absolute Gasteiger partial charge is 0.454 e. The van der Waals surface area contributed by atoms with Crippen LogP contribution in [0.1, 0.15) is 23.3 Å². The van der Waals surface area contributed by atoms with E-state index in [0.29, 0.717) is 25.1 Å². The Labute approximate surface area is 171 Å². The van der Waals surface area contributed by atoms with Crippen LogP contribution in [0.15, 0.2) is 47.8 Å². The molecule has 146 valence electrons. The molecule has 0 unspecified atom stereocenters. The van der Waals surface area contributed by atoms with E-state index in [9.17, 15) is 14.4 Å². The van der Waals surface area contributed by atoms with Crippen LogP contribution in [0.2, 0.25) is 0 Å². The number of carbonyl (C=O) groups excluding carboxylic acids is 3. The van der Waals surface area contributed by atoms with E-state index in [4.69, 9.17) is 4.74 Å². The number of thioether (sulfide) groups is 1. The summed E-state index contributed by atoms with van der Waals surface area (Å²) in [6, 6.07) is 13.0. The zero-order valence-corrected chi connectivity index (χ0v) is 16.8. The first-order chi connectivity index (χ1) is 13.6. The van der Waals surface area contributed by atoms with Crippen LogP contribution in [-0.4, -0.2) is 41.1 Å². The number of benzene rings is 1. The average Bonchev–Trinajstić information content (AvgIpc) is 3.43. The van der Waals surface area contributed by atoms with Crippen molar-refractivity contribution in [2.75, 3.05) is 12.4 Å². The third kappa shape index (κ3) is 3.54. The van der Waals surface area contributed by atoms with E-state index in [2.05, 4.69) is 5.32 Å². The topological polar surface area (TPSA) is 75.7 Å². The molecule has 2 saturated heterocycles. The first-order valence-corrected chi connectivity index (χ1v) is 10.9. The van der Waals surface area contributed by atoms with E-state index < -0.39 is 16.9 Å². The Kier molecular flexibility index (Phi) is 5.41. The molecule has 2 aromatic rings. The fourth-order valence-corrected chi connectivity index (χ4v) is 5.98. The predicted octanol–water partition coefficient (Wildman–Crippen LogP) is 2.50. The fraction of sp³-hybridized carbons (Fsp3) is 0.350. The molecule has 2 fully saturated rings. The SMILES string of the molecule is O=C(COC(=O)[C@H]1CS[C@]2(c3ccccc3)CCC(=O)N12)NCc1cccs1. The molecule has 2 atom stereocenters. The molecule has 8 heteroatoms. The maximum atomic E-state index is 12.6. The number of hydrogen-bond acceptors (Lipinski definition) is 6. The molecule has 0 saturated carbocycles. The van der Waals surface area contributed by atoms with E-state index in [0.717, 1.165) is 10.4 Å². The van der Waals surface area contributed by atoms with Gasteiger partial charge in [-0.25, -0.2) is 4.79 Å². The van der Waals surface area contributed by atoms with Gasteiger partial charge in [0.15, 0.2) is 6.61 Å². The van der Waals surface area contributed by atoms with Crippen molar-refractivity contribution in [2.24, 2.45) is 0 Å². The number of hydrogen-bond donors (Lipinski definition) is 1. The molecule has 28 heavy (non-hydrogen) atoms. The van der Waals surface area contributed by atoms with Crippen LogP contribution in [0.3, 0.4) is 0 Å². The van der Waals surface area contributed by atoms with Crippen LogP contribution in [0.25, 0.3) is 0 Å². The number of ether oxygens (including phenoxy) is 1. The van der Waals surface area contributed by atoms with Crippen molar-refractivity contribution in [1.82, 2.24) is 10.2 Å². The van der Waals surface area contributed by atoms with E-state index in [-0.39, 0.29) is 18.4 Å². The zero-order chi connectivity index (χ0) is 19.6. The van der Waals surface area contributed by atoms with Crippen molar-refractivity contribution in [2.45, 2.75) is 30.3 Å². The number of nitrogens with zero attached hydrogens (tertiary/aromatic N) is 1. The predicted molar refractivity (Wildman–Crippen MR) is 108 cm³/mol. The second kappa shape index (κ2) is 7.97. The van der Waals surface area contributed by atoms with Gasteiger partial charge in [0.2, 0.25) is 5.91 Å². The quantitative estimate of drug-likeness (QED) is 0.733. The lowest BCUT2D eigenvalue weighted by molar-refractivity contribution is -0.156. The van der Waals surface area contributed by atoms with E-state index in [1.54, 1.807) is 28.0 Å². The van der Waals surface area contributed by atoms with E-state index in [1.807, 2.05) is 47.8 Å².